The Kier molecular flexibility index (Phi) is 5.64. The molecule has 4 heteroatoms. The molecule has 1 aromatic carbocycles. The molecule has 0 heterocycles. The predicted octanol–water partition coefficient (Wildman–Crippen LogP) is 3.59. The van der Waals surface area contributed by atoms with E-state index in [0.717, 1.165) is 22.2 Å². The maximum Gasteiger partial charge on any atom is 0.124 e. The first-order valence-electron chi connectivity index (χ1n) is 4.80. The Bertz CT molecular complexity index is 319. The standard InChI is InChI=1S/C11H14BrFOS/c1-8(4-5-14)15-7-9-2-3-10(13)6-11(9)12/h2-3,6,8,14H,4-5,7H2,1H3. The fourth-order valence-electron chi connectivity index (χ4n) is 1.14. The summed E-state index contributed by atoms with van der Waals surface area (Å²) < 4.78 is 13.6. The Balaban J connectivity index is 2.50. The average molecular weight is 293 g/mol. The number of aliphatic hydroxyl groups is 1. The van der Waals surface area contributed by atoms with Crippen LogP contribution in [0.15, 0.2) is 22.7 Å². The highest BCUT2D eigenvalue weighted by Crippen LogP contribution is 2.25. The number of hydrogen-bond acceptors (Lipinski definition) is 2. The summed E-state index contributed by atoms with van der Waals surface area (Å²) in [4.78, 5) is 0. The van der Waals surface area contributed by atoms with Crippen molar-refractivity contribution in [3.05, 3.63) is 34.1 Å². The van der Waals surface area contributed by atoms with Crippen molar-refractivity contribution in [1.82, 2.24) is 0 Å². The van der Waals surface area contributed by atoms with Gasteiger partial charge in [0.15, 0.2) is 0 Å². The van der Waals surface area contributed by atoms with Gasteiger partial charge in [-0.2, -0.15) is 11.8 Å². The number of rotatable bonds is 5. The van der Waals surface area contributed by atoms with Gasteiger partial charge in [-0.15, -0.1) is 0 Å². The Morgan fingerprint density at radius 3 is 2.87 bits per heavy atom. The van der Waals surface area contributed by atoms with E-state index >= 15 is 0 Å². The van der Waals surface area contributed by atoms with Gasteiger partial charge in [-0.25, -0.2) is 4.39 Å². The molecule has 84 valence electrons. The molecule has 1 atom stereocenters. The third-order valence-electron chi connectivity index (χ3n) is 2.07. The van der Waals surface area contributed by atoms with Crippen molar-refractivity contribution in [2.24, 2.45) is 0 Å². The van der Waals surface area contributed by atoms with Crippen LogP contribution in [0.25, 0.3) is 0 Å². The first-order chi connectivity index (χ1) is 7.13. The summed E-state index contributed by atoms with van der Waals surface area (Å²) in [7, 11) is 0. The van der Waals surface area contributed by atoms with Gasteiger partial charge in [-0.1, -0.05) is 28.9 Å². The second-order valence-electron chi connectivity index (χ2n) is 3.37. The Hall–Kier alpha value is -0.0600. The van der Waals surface area contributed by atoms with Crippen LogP contribution in [0.3, 0.4) is 0 Å². The minimum absolute atomic E-state index is 0.221. The molecule has 1 N–H and O–H groups in total. The van der Waals surface area contributed by atoms with Crippen LogP contribution in [0.1, 0.15) is 18.9 Å². The Morgan fingerprint density at radius 1 is 1.53 bits per heavy atom. The summed E-state index contributed by atoms with van der Waals surface area (Å²) in [5, 5.41) is 9.18. The molecular formula is C11H14BrFOS. The fraction of sp³-hybridized carbons (Fsp3) is 0.455. The van der Waals surface area contributed by atoms with Crippen molar-refractivity contribution in [2.75, 3.05) is 6.61 Å². The quantitative estimate of drug-likeness (QED) is 0.895. The van der Waals surface area contributed by atoms with E-state index in [1.54, 1.807) is 17.8 Å². The van der Waals surface area contributed by atoms with Crippen LogP contribution in [-0.4, -0.2) is 17.0 Å². The van der Waals surface area contributed by atoms with Crippen LogP contribution in [0.2, 0.25) is 0 Å². The van der Waals surface area contributed by atoms with Gasteiger partial charge >= 0.3 is 0 Å². The molecule has 0 spiro atoms. The second-order valence-corrected chi connectivity index (χ2v) is 5.65. The largest absolute Gasteiger partial charge is 0.396 e. The molecule has 0 saturated heterocycles. The molecule has 0 aliphatic carbocycles. The molecule has 0 amide bonds. The first kappa shape index (κ1) is 13.0. The van der Waals surface area contributed by atoms with E-state index in [0.29, 0.717) is 5.25 Å². The van der Waals surface area contributed by atoms with Crippen molar-refractivity contribution in [1.29, 1.82) is 0 Å². The maximum atomic E-state index is 12.8. The highest BCUT2D eigenvalue weighted by atomic mass is 79.9. The summed E-state index contributed by atoms with van der Waals surface area (Å²) in [6.45, 7) is 2.30. The summed E-state index contributed by atoms with van der Waals surface area (Å²) in [6.07, 6.45) is 0.795. The molecule has 0 saturated carbocycles. The number of thioether (sulfide) groups is 1. The van der Waals surface area contributed by atoms with E-state index in [-0.39, 0.29) is 12.4 Å². The van der Waals surface area contributed by atoms with Gasteiger partial charge in [-0.3, -0.25) is 0 Å². The zero-order chi connectivity index (χ0) is 11.3. The smallest absolute Gasteiger partial charge is 0.124 e. The zero-order valence-corrected chi connectivity index (χ0v) is 10.9. The molecule has 0 aromatic heterocycles. The first-order valence-corrected chi connectivity index (χ1v) is 6.64. The van der Waals surface area contributed by atoms with E-state index in [1.807, 2.05) is 0 Å². The summed E-state index contributed by atoms with van der Waals surface area (Å²) in [5.74, 6) is 0.612. The third-order valence-corrected chi connectivity index (χ3v) is 4.09. The molecule has 1 rings (SSSR count). The van der Waals surface area contributed by atoms with Crippen molar-refractivity contribution >= 4 is 27.7 Å². The van der Waals surface area contributed by atoms with E-state index in [4.69, 9.17) is 5.11 Å². The minimum atomic E-state index is -0.223. The summed E-state index contributed by atoms with van der Waals surface area (Å²) in [5.41, 5.74) is 1.09. The van der Waals surface area contributed by atoms with Crippen molar-refractivity contribution in [3.63, 3.8) is 0 Å². The molecule has 15 heavy (non-hydrogen) atoms. The normalized spacial score (nSPS) is 12.8. The third kappa shape index (κ3) is 4.53. The van der Waals surface area contributed by atoms with E-state index < -0.39 is 0 Å². The Morgan fingerprint density at radius 2 is 2.27 bits per heavy atom. The Labute approximate surface area is 102 Å². The zero-order valence-electron chi connectivity index (χ0n) is 8.54. The van der Waals surface area contributed by atoms with Crippen LogP contribution in [-0.2, 0) is 5.75 Å². The monoisotopic (exact) mass is 292 g/mol. The molecule has 0 bridgehead atoms. The molecule has 1 aromatic rings. The topological polar surface area (TPSA) is 20.2 Å². The lowest BCUT2D eigenvalue weighted by Crippen LogP contribution is -2.00. The second kappa shape index (κ2) is 6.51. The van der Waals surface area contributed by atoms with Crippen molar-refractivity contribution in [3.8, 4) is 0 Å². The average Bonchev–Trinajstić information content (AvgIpc) is 2.17. The van der Waals surface area contributed by atoms with Crippen LogP contribution in [0.4, 0.5) is 4.39 Å². The number of benzene rings is 1. The van der Waals surface area contributed by atoms with Gasteiger partial charge in [0.1, 0.15) is 5.82 Å². The van der Waals surface area contributed by atoms with Gasteiger partial charge in [0.25, 0.3) is 0 Å². The lowest BCUT2D eigenvalue weighted by molar-refractivity contribution is 0.289. The van der Waals surface area contributed by atoms with Crippen LogP contribution >= 0.6 is 27.7 Å². The summed E-state index contributed by atoms with van der Waals surface area (Å²) in [6, 6.07) is 4.74. The molecule has 0 aliphatic rings. The van der Waals surface area contributed by atoms with Crippen LogP contribution < -0.4 is 0 Å². The molecular weight excluding hydrogens is 279 g/mol. The SMILES string of the molecule is CC(CCO)SCc1ccc(F)cc1Br. The van der Waals surface area contributed by atoms with E-state index in [1.165, 1.54) is 12.1 Å². The summed E-state index contributed by atoms with van der Waals surface area (Å²) >= 11 is 5.10. The molecule has 0 fully saturated rings. The number of halogens is 2. The van der Waals surface area contributed by atoms with Gasteiger partial charge in [0, 0.05) is 22.1 Å². The fourth-order valence-corrected chi connectivity index (χ4v) is 2.80. The molecule has 1 unspecified atom stereocenters. The molecule has 1 nitrogen and oxygen atoms in total. The molecule has 0 radical (unpaired) electrons. The van der Waals surface area contributed by atoms with Crippen LogP contribution in [0, 0.1) is 5.82 Å². The predicted molar refractivity (Wildman–Crippen MR) is 66.6 cm³/mol. The van der Waals surface area contributed by atoms with Crippen molar-refractivity contribution < 1.29 is 9.50 Å². The van der Waals surface area contributed by atoms with Crippen LogP contribution in [0.5, 0.6) is 0 Å². The lowest BCUT2D eigenvalue weighted by Gasteiger charge is -2.10. The highest BCUT2D eigenvalue weighted by molar-refractivity contribution is 9.10. The molecule has 0 aliphatic heterocycles. The van der Waals surface area contributed by atoms with E-state index in [9.17, 15) is 4.39 Å². The van der Waals surface area contributed by atoms with Crippen molar-refractivity contribution in [2.45, 2.75) is 24.3 Å². The lowest BCUT2D eigenvalue weighted by atomic mass is 10.2. The van der Waals surface area contributed by atoms with Gasteiger partial charge in [0.05, 0.1) is 0 Å². The number of hydrogen-bond donors (Lipinski definition) is 1. The van der Waals surface area contributed by atoms with E-state index in [2.05, 4.69) is 22.9 Å². The van der Waals surface area contributed by atoms with Gasteiger partial charge in [-0.05, 0) is 24.1 Å². The van der Waals surface area contributed by atoms with Gasteiger partial charge in [0.2, 0.25) is 0 Å². The number of aliphatic hydroxyl groups excluding tert-OH is 1. The maximum absolute atomic E-state index is 12.8. The minimum Gasteiger partial charge on any atom is -0.396 e. The van der Waals surface area contributed by atoms with Gasteiger partial charge < -0.3 is 5.11 Å². The highest BCUT2D eigenvalue weighted by Gasteiger charge is 2.05.